The van der Waals surface area contributed by atoms with E-state index >= 15 is 0 Å². The van der Waals surface area contributed by atoms with Crippen LogP contribution in [0.4, 0.5) is 0 Å². The standard InChI is InChI=1S/C15H17NO4S/c1-3-10-7-9(2)14(20-10)15(19)16-11(8-13(17)18)12-5-4-6-21-12/h4-7,11H,3,8H2,1-2H3,(H,16,19)(H,17,18)/t11-/m1/s1. The second kappa shape index (κ2) is 6.58. The van der Waals surface area contributed by atoms with Gasteiger partial charge in [-0.05, 0) is 24.4 Å². The van der Waals surface area contributed by atoms with Crippen molar-refractivity contribution in [3.63, 3.8) is 0 Å². The van der Waals surface area contributed by atoms with E-state index in [-0.39, 0.29) is 18.1 Å². The highest BCUT2D eigenvalue weighted by Crippen LogP contribution is 2.23. The Morgan fingerprint density at radius 3 is 2.76 bits per heavy atom. The van der Waals surface area contributed by atoms with E-state index in [1.165, 1.54) is 11.3 Å². The number of carbonyl (C=O) groups is 2. The molecule has 0 saturated carbocycles. The first-order chi connectivity index (χ1) is 10.0. The van der Waals surface area contributed by atoms with Crippen LogP contribution in [0.2, 0.25) is 0 Å². The molecule has 1 amide bonds. The smallest absolute Gasteiger partial charge is 0.305 e. The lowest BCUT2D eigenvalue weighted by molar-refractivity contribution is -0.137. The minimum absolute atomic E-state index is 0.160. The zero-order valence-electron chi connectivity index (χ0n) is 11.9. The van der Waals surface area contributed by atoms with Crippen molar-refractivity contribution >= 4 is 23.2 Å². The molecule has 0 unspecified atom stereocenters. The van der Waals surface area contributed by atoms with Crippen LogP contribution in [0, 0.1) is 6.92 Å². The van der Waals surface area contributed by atoms with Crippen molar-refractivity contribution in [2.24, 2.45) is 0 Å². The highest BCUT2D eigenvalue weighted by Gasteiger charge is 2.22. The summed E-state index contributed by atoms with van der Waals surface area (Å²) in [4.78, 5) is 24.1. The van der Waals surface area contributed by atoms with Crippen molar-refractivity contribution in [2.45, 2.75) is 32.7 Å². The van der Waals surface area contributed by atoms with Crippen molar-refractivity contribution in [1.82, 2.24) is 5.32 Å². The van der Waals surface area contributed by atoms with Gasteiger partial charge in [0.05, 0.1) is 12.5 Å². The lowest BCUT2D eigenvalue weighted by Gasteiger charge is -2.14. The van der Waals surface area contributed by atoms with Gasteiger partial charge in [-0.15, -0.1) is 11.3 Å². The fourth-order valence-corrected chi connectivity index (χ4v) is 2.84. The first kappa shape index (κ1) is 15.3. The highest BCUT2D eigenvalue weighted by molar-refractivity contribution is 7.10. The molecule has 0 fully saturated rings. The molecule has 2 heterocycles. The summed E-state index contributed by atoms with van der Waals surface area (Å²) in [6.07, 6.45) is 0.546. The number of carbonyl (C=O) groups excluding carboxylic acids is 1. The molecule has 0 aliphatic carbocycles. The average Bonchev–Trinajstić information content (AvgIpc) is 3.06. The van der Waals surface area contributed by atoms with Crippen molar-refractivity contribution in [3.05, 3.63) is 45.5 Å². The van der Waals surface area contributed by atoms with Crippen LogP contribution in [0.15, 0.2) is 28.0 Å². The Hall–Kier alpha value is -2.08. The van der Waals surface area contributed by atoms with E-state index in [0.717, 1.165) is 16.2 Å². The summed E-state index contributed by atoms with van der Waals surface area (Å²) in [5, 5.41) is 13.6. The minimum atomic E-state index is -0.959. The number of aliphatic carboxylic acids is 1. The number of furan rings is 1. The number of hydrogen-bond donors (Lipinski definition) is 2. The van der Waals surface area contributed by atoms with E-state index < -0.39 is 12.0 Å². The van der Waals surface area contributed by atoms with Gasteiger partial charge in [0, 0.05) is 16.9 Å². The van der Waals surface area contributed by atoms with Gasteiger partial charge >= 0.3 is 5.97 Å². The van der Waals surface area contributed by atoms with Gasteiger partial charge in [0.25, 0.3) is 5.91 Å². The third kappa shape index (κ3) is 3.72. The van der Waals surface area contributed by atoms with Crippen LogP contribution >= 0.6 is 11.3 Å². The largest absolute Gasteiger partial charge is 0.481 e. The molecule has 112 valence electrons. The fraction of sp³-hybridized carbons (Fsp3) is 0.333. The number of amides is 1. The lowest BCUT2D eigenvalue weighted by Crippen LogP contribution is -2.29. The third-order valence-corrected chi connectivity index (χ3v) is 4.08. The number of nitrogens with one attached hydrogen (secondary N) is 1. The lowest BCUT2D eigenvalue weighted by atomic mass is 10.1. The molecule has 0 spiro atoms. The molecule has 2 aromatic heterocycles. The summed E-state index contributed by atoms with van der Waals surface area (Å²) < 4.78 is 5.49. The van der Waals surface area contributed by atoms with Crippen molar-refractivity contribution in [2.75, 3.05) is 0 Å². The van der Waals surface area contributed by atoms with Gasteiger partial charge in [-0.3, -0.25) is 9.59 Å². The molecule has 2 N–H and O–H groups in total. The summed E-state index contributed by atoms with van der Waals surface area (Å²) in [5.74, 6) is -0.353. The van der Waals surface area contributed by atoms with Gasteiger partial charge in [-0.2, -0.15) is 0 Å². The maximum atomic E-state index is 12.3. The van der Waals surface area contributed by atoms with Crippen LogP contribution in [0.1, 0.15) is 46.1 Å². The second-order valence-corrected chi connectivity index (χ2v) is 5.70. The molecule has 5 nitrogen and oxygen atoms in total. The van der Waals surface area contributed by atoms with Gasteiger partial charge in [-0.1, -0.05) is 13.0 Å². The Kier molecular flexibility index (Phi) is 4.80. The van der Waals surface area contributed by atoms with Gasteiger partial charge in [-0.25, -0.2) is 0 Å². The molecule has 0 aliphatic heterocycles. The van der Waals surface area contributed by atoms with Crippen molar-refractivity contribution in [3.8, 4) is 0 Å². The van der Waals surface area contributed by atoms with E-state index in [1.807, 2.05) is 30.5 Å². The Labute approximate surface area is 126 Å². The monoisotopic (exact) mass is 307 g/mol. The van der Waals surface area contributed by atoms with Crippen LogP contribution in [0.5, 0.6) is 0 Å². The van der Waals surface area contributed by atoms with E-state index in [0.29, 0.717) is 6.42 Å². The molecule has 0 aromatic carbocycles. The predicted molar refractivity (Wildman–Crippen MR) is 79.6 cm³/mol. The van der Waals surface area contributed by atoms with E-state index in [1.54, 1.807) is 6.92 Å². The van der Waals surface area contributed by atoms with Crippen molar-refractivity contribution < 1.29 is 19.1 Å². The molecule has 0 bridgehead atoms. The highest BCUT2D eigenvalue weighted by atomic mass is 32.1. The van der Waals surface area contributed by atoms with Gasteiger partial charge < -0.3 is 14.8 Å². The Morgan fingerprint density at radius 1 is 1.48 bits per heavy atom. The first-order valence-electron chi connectivity index (χ1n) is 6.66. The molecule has 1 atom stereocenters. The molecular formula is C15H17NO4S. The first-order valence-corrected chi connectivity index (χ1v) is 7.54. The molecular weight excluding hydrogens is 290 g/mol. The van der Waals surface area contributed by atoms with E-state index in [2.05, 4.69) is 5.32 Å². The van der Waals surface area contributed by atoms with Gasteiger partial charge in [0.15, 0.2) is 5.76 Å². The Morgan fingerprint density at radius 2 is 2.24 bits per heavy atom. The Balaban J connectivity index is 2.17. The van der Waals surface area contributed by atoms with Crippen LogP contribution in [0.3, 0.4) is 0 Å². The Bertz CT molecular complexity index is 630. The molecule has 2 aromatic rings. The summed E-state index contributed by atoms with van der Waals surface area (Å²) in [6, 6.07) is 4.91. The third-order valence-electron chi connectivity index (χ3n) is 3.09. The number of thiophene rings is 1. The van der Waals surface area contributed by atoms with Crippen LogP contribution in [-0.4, -0.2) is 17.0 Å². The maximum Gasteiger partial charge on any atom is 0.305 e. The molecule has 0 saturated heterocycles. The number of hydrogen-bond acceptors (Lipinski definition) is 4. The van der Waals surface area contributed by atoms with Crippen LogP contribution in [-0.2, 0) is 11.2 Å². The number of carboxylic acids is 1. The number of carboxylic acid groups (broad SMARTS) is 1. The van der Waals surface area contributed by atoms with Crippen molar-refractivity contribution in [1.29, 1.82) is 0 Å². The van der Waals surface area contributed by atoms with E-state index in [9.17, 15) is 9.59 Å². The topological polar surface area (TPSA) is 79.5 Å². The summed E-state index contributed by atoms with van der Waals surface area (Å²) in [7, 11) is 0. The minimum Gasteiger partial charge on any atom is -0.481 e. The summed E-state index contributed by atoms with van der Waals surface area (Å²) in [5.41, 5.74) is 0.754. The number of rotatable bonds is 6. The fourth-order valence-electron chi connectivity index (χ4n) is 2.06. The predicted octanol–water partition coefficient (Wildman–Crippen LogP) is 3.16. The molecule has 21 heavy (non-hydrogen) atoms. The quantitative estimate of drug-likeness (QED) is 0.859. The normalized spacial score (nSPS) is 12.1. The van der Waals surface area contributed by atoms with Gasteiger partial charge in [0.1, 0.15) is 5.76 Å². The zero-order valence-corrected chi connectivity index (χ0v) is 12.7. The average molecular weight is 307 g/mol. The molecule has 2 rings (SSSR count). The maximum absolute atomic E-state index is 12.3. The zero-order chi connectivity index (χ0) is 15.4. The van der Waals surface area contributed by atoms with Crippen LogP contribution < -0.4 is 5.32 Å². The summed E-state index contributed by atoms with van der Waals surface area (Å²) >= 11 is 1.42. The SMILES string of the molecule is CCc1cc(C)c(C(=O)N[C@H](CC(=O)O)c2cccs2)o1. The molecule has 0 radical (unpaired) electrons. The second-order valence-electron chi connectivity index (χ2n) is 4.72. The molecule has 6 heteroatoms. The van der Waals surface area contributed by atoms with E-state index in [4.69, 9.17) is 9.52 Å². The number of aryl methyl sites for hydroxylation is 2. The molecule has 0 aliphatic rings. The van der Waals surface area contributed by atoms with Crippen LogP contribution in [0.25, 0.3) is 0 Å². The summed E-state index contributed by atoms with van der Waals surface area (Å²) in [6.45, 7) is 3.74. The van der Waals surface area contributed by atoms with Gasteiger partial charge in [0.2, 0.25) is 0 Å².